The lowest BCUT2D eigenvalue weighted by atomic mass is 9.74. The Bertz CT molecular complexity index is 1640. The van der Waals surface area contributed by atoms with Crippen LogP contribution in [0.25, 0.3) is 0 Å². The third kappa shape index (κ3) is 20.8. The molecule has 0 amide bonds. The van der Waals surface area contributed by atoms with Crippen molar-refractivity contribution in [2.45, 2.75) is 296 Å². The van der Waals surface area contributed by atoms with E-state index in [0.29, 0.717) is 12.8 Å². The molecule has 3 aliphatic rings. The van der Waals surface area contributed by atoms with Crippen LogP contribution in [0, 0.1) is 23.7 Å². The molecule has 3 rings (SSSR count). The SMILES string of the molecule is CCCCCCCCCCCCCCCCCC(=O)O.CC[C@H]1OC(=O)[C@H](C)[C@@H](O[C@H]2C[C@@](C)(OC)[C@@H](O)[C@H](C)O2)[C@H](C)[C@@H](O[C@@H]2O[C@H](C)C[C@H](N(C)C)[C@H]2OC(C)=O)C(C)(O)C[C@@H](C)C(=O)[C@H](C)[C@@H](O)[C@]1(C)O. The second-order valence-electron chi connectivity index (χ2n) is 23.1. The summed E-state index contributed by atoms with van der Waals surface area (Å²) in [5.41, 5.74) is -4.92. The van der Waals surface area contributed by atoms with Gasteiger partial charge < -0.3 is 63.6 Å². The zero-order chi connectivity index (χ0) is 56.1. The Morgan fingerprint density at radius 3 is 1.73 bits per heavy atom. The van der Waals surface area contributed by atoms with E-state index in [-0.39, 0.29) is 31.4 Å². The molecule has 3 saturated heterocycles. The largest absolute Gasteiger partial charge is 0.481 e. The number of unbranched alkanes of at least 4 members (excludes halogenated alkanes) is 14. The molecule has 5 N–H and O–H groups in total. The monoisotopic (exact) mass is 1060 g/mol. The highest BCUT2D eigenvalue weighted by Crippen LogP contribution is 2.41. The van der Waals surface area contributed by atoms with Crippen molar-refractivity contribution in [2.24, 2.45) is 23.7 Å². The number of aliphatic hydroxyl groups excluding tert-OH is 2. The van der Waals surface area contributed by atoms with Crippen LogP contribution in [0.15, 0.2) is 0 Å². The predicted octanol–water partition coefficient (Wildman–Crippen LogP) is 8.69. The molecule has 3 heterocycles. The number of carboxylic acid groups (broad SMARTS) is 1. The van der Waals surface area contributed by atoms with E-state index in [1.807, 2.05) is 25.9 Å². The van der Waals surface area contributed by atoms with Gasteiger partial charge in [-0.25, -0.2) is 0 Å². The molecule has 0 aromatic heterocycles. The van der Waals surface area contributed by atoms with Crippen LogP contribution < -0.4 is 0 Å². The number of carboxylic acids is 1. The lowest BCUT2D eigenvalue weighted by Gasteiger charge is -2.49. The fraction of sp³-hybridized carbons (Fsp3) is 0.930. The van der Waals surface area contributed by atoms with E-state index in [4.69, 9.17) is 38.3 Å². The van der Waals surface area contributed by atoms with Gasteiger partial charge in [-0.1, -0.05) is 125 Å². The number of Topliss-reactive ketones (excluding diaryl/α,β-unsaturated/α-hetero) is 1. The molecule has 0 aromatic rings. The number of cyclic esters (lactones) is 1. The summed E-state index contributed by atoms with van der Waals surface area (Å²) in [5.74, 6) is -6.33. The number of rotatable bonds is 24. The minimum absolute atomic E-state index is 0.0755. The Morgan fingerprint density at radius 2 is 1.26 bits per heavy atom. The molecular weight excluding hydrogens is 955 g/mol. The summed E-state index contributed by atoms with van der Waals surface area (Å²) in [7, 11) is 5.19. The zero-order valence-corrected chi connectivity index (χ0v) is 48.5. The highest BCUT2D eigenvalue weighted by molar-refractivity contribution is 5.83. The Kier molecular flexibility index (Phi) is 29.8. The third-order valence-electron chi connectivity index (χ3n) is 16.1. The van der Waals surface area contributed by atoms with Crippen molar-refractivity contribution >= 4 is 23.7 Å². The van der Waals surface area contributed by atoms with Gasteiger partial charge in [-0.05, 0) is 81.3 Å². The van der Waals surface area contributed by atoms with Crippen molar-refractivity contribution in [3.05, 3.63) is 0 Å². The van der Waals surface area contributed by atoms with Gasteiger partial charge in [0.15, 0.2) is 18.7 Å². The van der Waals surface area contributed by atoms with Gasteiger partial charge in [0.25, 0.3) is 0 Å². The van der Waals surface area contributed by atoms with Crippen LogP contribution in [0.2, 0.25) is 0 Å². The number of likely N-dealkylation sites (N-methyl/N-ethyl adjacent to an activating group) is 1. The maximum atomic E-state index is 14.2. The summed E-state index contributed by atoms with van der Waals surface area (Å²) >= 11 is 0. The highest BCUT2D eigenvalue weighted by Gasteiger charge is 2.54. The Balaban J connectivity index is 0.000000788. The summed E-state index contributed by atoms with van der Waals surface area (Å²) in [6.07, 6.45) is 10.4. The van der Waals surface area contributed by atoms with Crippen LogP contribution >= 0.6 is 0 Å². The molecule has 0 bridgehead atoms. The Morgan fingerprint density at radius 1 is 0.730 bits per heavy atom. The fourth-order valence-electron chi connectivity index (χ4n) is 11.4. The molecule has 3 fully saturated rings. The molecule has 18 atom stereocenters. The molecule has 17 heteroatoms. The molecule has 17 nitrogen and oxygen atoms in total. The first kappa shape index (κ1) is 67.8. The van der Waals surface area contributed by atoms with Crippen LogP contribution in [0.3, 0.4) is 0 Å². The zero-order valence-electron chi connectivity index (χ0n) is 48.5. The van der Waals surface area contributed by atoms with Gasteiger partial charge in [0, 0.05) is 44.6 Å². The minimum atomic E-state index is -2.01. The smallest absolute Gasteiger partial charge is 0.311 e. The molecular formula is C57H105NO16. The number of aliphatic hydroxyl groups is 4. The third-order valence-corrected chi connectivity index (χ3v) is 16.1. The molecule has 434 valence electrons. The topological polar surface area (TPSA) is 237 Å². The minimum Gasteiger partial charge on any atom is -0.481 e. The first-order valence-corrected chi connectivity index (χ1v) is 28.4. The van der Waals surface area contributed by atoms with E-state index in [0.717, 1.165) is 12.8 Å². The maximum absolute atomic E-state index is 14.2. The maximum Gasteiger partial charge on any atom is 0.311 e. The molecule has 0 radical (unpaired) electrons. The fourth-order valence-corrected chi connectivity index (χ4v) is 11.4. The van der Waals surface area contributed by atoms with Gasteiger partial charge in [-0.2, -0.15) is 0 Å². The second-order valence-corrected chi connectivity index (χ2v) is 23.1. The molecule has 74 heavy (non-hydrogen) atoms. The van der Waals surface area contributed by atoms with Crippen molar-refractivity contribution in [3.8, 4) is 0 Å². The number of aliphatic carboxylic acids is 1. The van der Waals surface area contributed by atoms with Crippen molar-refractivity contribution in [2.75, 3.05) is 21.2 Å². The number of carbonyl (C=O) groups is 4. The van der Waals surface area contributed by atoms with E-state index < -0.39 is 119 Å². The van der Waals surface area contributed by atoms with Gasteiger partial charge in [0.2, 0.25) is 0 Å². The van der Waals surface area contributed by atoms with Crippen molar-refractivity contribution in [1.29, 1.82) is 0 Å². The normalized spacial score (nSPS) is 37.6. The summed E-state index contributed by atoms with van der Waals surface area (Å²) in [6.45, 7) is 19.8. The van der Waals surface area contributed by atoms with E-state index in [2.05, 4.69) is 6.92 Å². The van der Waals surface area contributed by atoms with Crippen LogP contribution in [-0.2, 0) is 52.3 Å². The van der Waals surface area contributed by atoms with E-state index in [1.54, 1.807) is 41.5 Å². The number of ether oxygens (including phenoxy) is 7. The first-order valence-electron chi connectivity index (χ1n) is 28.4. The van der Waals surface area contributed by atoms with Gasteiger partial charge in [-0.3, -0.25) is 19.2 Å². The molecule has 0 spiro atoms. The van der Waals surface area contributed by atoms with Gasteiger partial charge in [0.05, 0.1) is 53.7 Å². The Hall–Kier alpha value is -2.32. The number of hydrogen-bond acceptors (Lipinski definition) is 16. The lowest BCUT2D eigenvalue weighted by Crippen LogP contribution is -2.61. The van der Waals surface area contributed by atoms with Gasteiger partial charge in [0.1, 0.15) is 23.6 Å². The molecule has 3 aliphatic heterocycles. The van der Waals surface area contributed by atoms with E-state index >= 15 is 0 Å². The van der Waals surface area contributed by atoms with Crippen LogP contribution in [0.4, 0.5) is 0 Å². The van der Waals surface area contributed by atoms with E-state index in [1.165, 1.54) is 118 Å². The number of esters is 2. The van der Waals surface area contributed by atoms with Crippen molar-refractivity contribution in [1.82, 2.24) is 4.90 Å². The average Bonchev–Trinajstić information content (AvgIpc) is 3.33. The molecule has 0 aromatic carbocycles. The quantitative estimate of drug-likeness (QED) is 0.0449. The molecule has 0 saturated carbocycles. The van der Waals surface area contributed by atoms with E-state index in [9.17, 15) is 39.6 Å². The number of ketones is 1. The van der Waals surface area contributed by atoms with Crippen molar-refractivity contribution < 1.29 is 77.9 Å². The van der Waals surface area contributed by atoms with Gasteiger partial charge >= 0.3 is 17.9 Å². The Labute approximate surface area is 445 Å². The van der Waals surface area contributed by atoms with Gasteiger partial charge in [-0.15, -0.1) is 0 Å². The molecule has 0 aliphatic carbocycles. The van der Waals surface area contributed by atoms with Crippen molar-refractivity contribution in [3.63, 3.8) is 0 Å². The number of nitrogens with zero attached hydrogens (tertiary/aromatic N) is 1. The highest BCUT2D eigenvalue weighted by atomic mass is 16.7. The van der Waals surface area contributed by atoms with Crippen LogP contribution in [-0.4, -0.2) is 160 Å². The summed E-state index contributed by atoms with van der Waals surface area (Å²) < 4.78 is 43.3. The summed E-state index contributed by atoms with van der Waals surface area (Å²) in [6, 6.07) is -0.320. The average molecular weight is 1060 g/mol. The number of hydrogen-bond donors (Lipinski definition) is 5. The number of methoxy groups -OCH3 is 1. The van der Waals surface area contributed by atoms with Crippen LogP contribution in [0.1, 0.15) is 212 Å². The first-order chi connectivity index (χ1) is 34.6. The summed E-state index contributed by atoms with van der Waals surface area (Å²) in [5, 5.41) is 55.0. The predicted molar refractivity (Wildman–Crippen MR) is 283 cm³/mol. The summed E-state index contributed by atoms with van der Waals surface area (Å²) in [4.78, 5) is 52.8. The molecule has 1 unspecified atom stereocenters. The number of carbonyl (C=O) groups excluding carboxylic acids is 3. The van der Waals surface area contributed by atoms with Crippen LogP contribution in [0.5, 0.6) is 0 Å². The second kappa shape index (κ2) is 32.5. The lowest BCUT2D eigenvalue weighted by molar-refractivity contribution is -0.318. The standard InChI is InChI=1S/C39H69NO14.C18H36O2/c1-15-27-39(11,47)32(43)21(4)29(42)19(2)17-37(9,46)34(54-36-31(51-25(8)41)26(40(12)13)16-20(3)49-36)22(5)30(23(6)35(45)52-27)53-28-18-38(10,48-14)33(44)24(7)50-28;1-2-3-4-5-6-7-8-9-10-11-12-13-14-15-16-17-18(19)20/h19-24,26-28,30-34,36,43-44,46-47H,15-18H2,1-14H3;2-17H2,1H3,(H,19,20)/t19-,20-,21+,22+,23-,24+,26+,27-,28+,30+,31-,32-,33+,34-,36+,37?,38-,39-;/m1./s1.